The smallest absolute Gasteiger partial charge is 0.234 e. The molecule has 0 aliphatic carbocycles. The molecular formula is C10H10ClN3OS2. The van der Waals surface area contributed by atoms with Crippen LogP contribution >= 0.6 is 34.7 Å². The number of thiophene rings is 1. The summed E-state index contributed by atoms with van der Waals surface area (Å²) in [5, 5.41) is 9.12. The molecule has 0 saturated carbocycles. The van der Waals surface area contributed by atoms with Gasteiger partial charge in [-0.3, -0.25) is 9.89 Å². The van der Waals surface area contributed by atoms with Crippen molar-refractivity contribution >= 4 is 46.3 Å². The third-order valence-electron chi connectivity index (χ3n) is 1.89. The van der Waals surface area contributed by atoms with Crippen molar-refractivity contribution in [3.63, 3.8) is 0 Å². The molecule has 17 heavy (non-hydrogen) atoms. The number of aromatic nitrogens is 2. The summed E-state index contributed by atoms with van der Waals surface area (Å²) in [6, 6.07) is 3.85. The topological polar surface area (TPSA) is 57.8 Å². The number of anilines is 1. The molecule has 0 aromatic carbocycles. The lowest BCUT2D eigenvalue weighted by atomic mass is 10.5. The second kappa shape index (κ2) is 6.09. The molecule has 0 radical (unpaired) electrons. The zero-order valence-corrected chi connectivity index (χ0v) is 11.2. The van der Waals surface area contributed by atoms with Crippen molar-refractivity contribution in [1.29, 1.82) is 0 Å². The minimum absolute atomic E-state index is 0.0287. The van der Waals surface area contributed by atoms with Crippen LogP contribution in [-0.2, 0) is 10.5 Å². The van der Waals surface area contributed by atoms with E-state index in [1.54, 1.807) is 35.5 Å². The van der Waals surface area contributed by atoms with Gasteiger partial charge in [-0.2, -0.15) is 5.10 Å². The number of H-pyrrole nitrogens is 1. The number of hydrogen-bond donors (Lipinski definition) is 2. The first-order valence-corrected chi connectivity index (χ1v) is 7.19. The van der Waals surface area contributed by atoms with E-state index in [-0.39, 0.29) is 5.91 Å². The van der Waals surface area contributed by atoms with Crippen LogP contribution in [0, 0.1) is 0 Å². The first kappa shape index (κ1) is 12.5. The van der Waals surface area contributed by atoms with E-state index in [9.17, 15) is 4.79 Å². The monoisotopic (exact) mass is 287 g/mol. The molecule has 2 aromatic rings. The summed E-state index contributed by atoms with van der Waals surface area (Å²) >= 11 is 8.92. The molecule has 2 aromatic heterocycles. The van der Waals surface area contributed by atoms with E-state index in [1.807, 2.05) is 12.1 Å². The van der Waals surface area contributed by atoms with Crippen molar-refractivity contribution in [2.45, 2.75) is 5.75 Å². The summed E-state index contributed by atoms with van der Waals surface area (Å²) < 4.78 is 0.781. The summed E-state index contributed by atoms with van der Waals surface area (Å²) in [4.78, 5) is 12.7. The molecule has 0 aliphatic heterocycles. The van der Waals surface area contributed by atoms with E-state index in [4.69, 9.17) is 11.6 Å². The van der Waals surface area contributed by atoms with E-state index in [1.165, 1.54) is 4.88 Å². The van der Waals surface area contributed by atoms with Crippen molar-refractivity contribution < 1.29 is 4.79 Å². The highest BCUT2D eigenvalue weighted by atomic mass is 35.5. The minimum atomic E-state index is -0.0287. The van der Waals surface area contributed by atoms with Gasteiger partial charge in [0, 0.05) is 16.8 Å². The molecule has 0 atom stereocenters. The summed E-state index contributed by atoms with van der Waals surface area (Å²) in [6.45, 7) is 0. The summed E-state index contributed by atoms with van der Waals surface area (Å²) in [7, 11) is 0. The van der Waals surface area contributed by atoms with Gasteiger partial charge in [-0.25, -0.2) is 0 Å². The molecule has 0 aliphatic rings. The van der Waals surface area contributed by atoms with Crippen LogP contribution in [-0.4, -0.2) is 21.9 Å². The SMILES string of the molecule is O=C(CSCc1ccc(Cl)s1)Nc1cn[nH]c1. The van der Waals surface area contributed by atoms with Crippen molar-refractivity contribution in [1.82, 2.24) is 10.2 Å². The van der Waals surface area contributed by atoms with Crippen LogP contribution in [0.3, 0.4) is 0 Å². The van der Waals surface area contributed by atoms with Crippen LogP contribution in [0.25, 0.3) is 0 Å². The molecule has 2 heterocycles. The van der Waals surface area contributed by atoms with Crippen LogP contribution in [0.15, 0.2) is 24.5 Å². The van der Waals surface area contributed by atoms with Gasteiger partial charge in [0.1, 0.15) is 0 Å². The van der Waals surface area contributed by atoms with E-state index < -0.39 is 0 Å². The van der Waals surface area contributed by atoms with E-state index in [0.717, 1.165) is 10.1 Å². The quantitative estimate of drug-likeness (QED) is 0.889. The number of nitrogens with zero attached hydrogens (tertiary/aromatic N) is 1. The lowest BCUT2D eigenvalue weighted by Gasteiger charge is -2.01. The molecule has 0 bridgehead atoms. The molecule has 0 spiro atoms. The number of hydrogen-bond acceptors (Lipinski definition) is 4. The van der Waals surface area contributed by atoms with Gasteiger partial charge in [-0.15, -0.1) is 23.1 Å². The van der Waals surface area contributed by atoms with Crippen molar-refractivity contribution in [2.75, 3.05) is 11.1 Å². The highest BCUT2D eigenvalue weighted by Gasteiger charge is 2.04. The average molecular weight is 288 g/mol. The van der Waals surface area contributed by atoms with E-state index in [0.29, 0.717) is 11.4 Å². The average Bonchev–Trinajstić information content (AvgIpc) is 2.90. The Labute approximate surface area is 112 Å². The third kappa shape index (κ3) is 4.07. The summed E-state index contributed by atoms with van der Waals surface area (Å²) in [5.41, 5.74) is 0.690. The van der Waals surface area contributed by atoms with Gasteiger partial charge >= 0.3 is 0 Å². The number of thioether (sulfide) groups is 1. The van der Waals surface area contributed by atoms with Crippen molar-refractivity contribution in [3.8, 4) is 0 Å². The van der Waals surface area contributed by atoms with Crippen LogP contribution in [0.5, 0.6) is 0 Å². The second-order valence-corrected chi connectivity index (χ2v) is 6.02. The summed E-state index contributed by atoms with van der Waals surface area (Å²) in [6.07, 6.45) is 3.21. The Hall–Kier alpha value is -0.980. The van der Waals surface area contributed by atoms with Crippen molar-refractivity contribution in [2.24, 2.45) is 0 Å². The van der Waals surface area contributed by atoms with Gasteiger partial charge < -0.3 is 5.32 Å². The molecule has 2 rings (SSSR count). The molecule has 2 N–H and O–H groups in total. The van der Waals surface area contributed by atoms with Gasteiger partial charge in [-0.1, -0.05) is 11.6 Å². The zero-order chi connectivity index (χ0) is 12.1. The summed E-state index contributed by atoms with van der Waals surface area (Å²) in [5.74, 6) is 1.19. The number of carbonyl (C=O) groups excluding carboxylic acids is 1. The molecular weight excluding hydrogens is 278 g/mol. The first-order valence-electron chi connectivity index (χ1n) is 4.84. The minimum Gasteiger partial charge on any atom is -0.323 e. The fraction of sp³-hybridized carbons (Fsp3) is 0.200. The highest BCUT2D eigenvalue weighted by molar-refractivity contribution is 7.99. The maximum atomic E-state index is 11.5. The first-order chi connectivity index (χ1) is 8.24. The van der Waals surface area contributed by atoms with Gasteiger partial charge in [-0.05, 0) is 12.1 Å². The van der Waals surface area contributed by atoms with E-state index >= 15 is 0 Å². The van der Waals surface area contributed by atoms with Gasteiger partial charge in [0.25, 0.3) is 0 Å². The lowest BCUT2D eigenvalue weighted by molar-refractivity contribution is -0.113. The van der Waals surface area contributed by atoms with E-state index in [2.05, 4.69) is 15.5 Å². The van der Waals surface area contributed by atoms with Crippen LogP contribution in [0.1, 0.15) is 4.88 Å². The number of rotatable bonds is 5. The third-order valence-corrected chi connectivity index (χ3v) is 4.28. The second-order valence-electron chi connectivity index (χ2n) is 3.23. The number of nitrogens with one attached hydrogen (secondary N) is 2. The number of aromatic amines is 1. The zero-order valence-electron chi connectivity index (χ0n) is 8.77. The largest absolute Gasteiger partial charge is 0.323 e. The molecule has 7 heteroatoms. The molecule has 90 valence electrons. The standard InChI is InChI=1S/C10H10ClN3OS2/c11-9-2-1-8(17-9)5-16-6-10(15)14-7-3-12-13-4-7/h1-4H,5-6H2,(H,12,13)(H,14,15). The molecule has 1 amide bonds. The van der Waals surface area contributed by atoms with Gasteiger partial charge in [0.15, 0.2) is 0 Å². The Kier molecular flexibility index (Phi) is 4.47. The maximum Gasteiger partial charge on any atom is 0.234 e. The molecule has 0 fully saturated rings. The number of amides is 1. The maximum absolute atomic E-state index is 11.5. The van der Waals surface area contributed by atoms with Crippen LogP contribution in [0.4, 0.5) is 5.69 Å². The fourth-order valence-corrected chi connectivity index (χ4v) is 3.22. The normalized spacial score (nSPS) is 10.4. The lowest BCUT2D eigenvalue weighted by Crippen LogP contribution is -2.13. The Bertz CT molecular complexity index is 483. The van der Waals surface area contributed by atoms with Crippen molar-refractivity contribution in [3.05, 3.63) is 33.7 Å². The molecule has 0 unspecified atom stereocenters. The predicted molar refractivity (Wildman–Crippen MR) is 72.7 cm³/mol. The predicted octanol–water partition coefficient (Wildman–Crippen LogP) is 3.00. The number of halogens is 1. The highest BCUT2D eigenvalue weighted by Crippen LogP contribution is 2.25. The molecule has 0 saturated heterocycles. The Balaban J connectivity index is 1.70. The molecule has 4 nitrogen and oxygen atoms in total. The number of carbonyl (C=O) groups is 1. The van der Waals surface area contributed by atoms with Gasteiger partial charge in [0.05, 0.1) is 22.0 Å². The Morgan fingerprint density at radius 3 is 3.12 bits per heavy atom. The van der Waals surface area contributed by atoms with Crippen LogP contribution < -0.4 is 5.32 Å². The fourth-order valence-electron chi connectivity index (χ4n) is 1.19. The van der Waals surface area contributed by atoms with Gasteiger partial charge in [0.2, 0.25) is 5.91 Å². The Morgan fingerprint density at radius 1 is 1.59 bits per heavy atom. The Morgan fingerprint density at radius 2 is 2.47 bits per heavy atom. The van der Waals surface area contributed by atoms with Crippen LogP contribution in [0.2, 0.25) is 4.34 Å².